The molecule has 2 N–H and O–H groups in total. The van der Waals surface area contributed by atoms with Crippen molar-refractivity contribution in [1.29, 1.82) is 0 Å². The quantitative estimate of drug-likeness (QED) is 0.760. The fourth-order valence-electron chi connectivity index (χ4n) is 2.06. The number of nitrogens with zero attached hydrogens (tertiary/aromatic N) is 1. The molecular formula is C17H20N2O6. The predicted molar refractivity (Wildman–Crippen MR) is 87.4 cm³/mol. The molecule has 0 aliphatic heterocycles. The van der Waals surface area contributed by atoms with E-state index in [0.717, 1.165) is 11.3 Å². The molecule has 0 spiro atoms. The number of carbonyl (C=O) groups excluding carboxylic acids is 2. The van der Waals surface area contributed by atoms with Gasteiger partial charge in [-0.2, -0.15) is 0 Å². The van der Waals surface area contributed by atoms with Crippen LogP contribution >= 0.6 is 0 Å². The Bertz CT molecular complexity index is 764. The highest BCUT2D eigenvalue weighted by Crippen LogP contribution is 2.30. The van der Waals surface area contributed by atoms with E-state index in [0.29, 0.717) is 17.3 Å². The molecule has 25 heavy (non-hydrogen) atoms. The largest absolute Gasteiger partial charge is 0.493 e. The highest BCUT2D eigenvalue weighted by atomic mass is 16.5. The molecule has 1 atom stereocenters. The molecule has 0 aliphatic rings. The first-order valence-corrected chi connectivity index (χ1v) is 7.56. The van der Waals surface area contributed by atoms with Gasteiger partial charge in [-0.15, -0.1) is 0 Å². The third-order valence-electron chi connectivity index (χ3n) is 3.64. The second-order valence-corrected chi connectivity index (χ2v) is 5.41. The summed E-state index contributed by atoms with van der Waals surface area (Å²) in [5.41, 5.74) is 6.89. The summed E-state index contributed by atoms with van der Waals surface area (Å²) in [6, 6.07) is 4.57. The minimum atomic E-state index is -1.02. The highest BCUT2D eigenvalue weighted by Gasteiger charge is 2.18. The lowest BCUT2D eigenvalue weighted by Gasteiger charge is -2.13. The number of ether oxygens (including phenoxy) is 3. The van der Waals surface area contributed by atoms with Crippen LogP contribution < -0.4 is 15.2 Å². The number of hydrogen-bond donors (Lipinski definition) is 1. The van der Waals surface area contributed by atoms with Crippen molar-refractivity contribution >= 4 is 11.9 Å². The highest BCUT2D eigenvalue weighted by molar-refractivity contribution is 5.92. The normalized spacial score (nSPS) is 11.7. The van der Waals surface area contributed by atoms with Crippen molar-refractivity contribution in [2.75, 3.05) is 7.11 Å². The number of aromatic nitrogens is 1. The summed E-state index contributed by atoms with van der Waals surface area (Å²) in [6.07, 6.45) is -1.02. The van der Waals surface area contributed by atoms with Crippen LogP contribution in [0.1, 0.15) is 34.3 Å². The fourth-order valence-corrected chi connectivity index (χ4v) is 2.06. The Morgan fingerprint density at radius 2 is 2.00 bits per heavy atom. The zero-order chi connectivity index (χ0) is 18.6. The molecule has 0 bridgehead atoms. The van der Waals surface area contributed by atoms with Gasteiger partial charge in [-0.1, -0.05) is 5.16 Å². The average molecular weight is 348 g/mol. The number of nitrogens with two attached hydrogens (primary N) is 1. The summed E-state index contributed by atoms with van der Waals surface area (Å²) in [4.78, 5) is 23.0. The molecule has 134 valence electrons. The third kappa shape index (κ3) is 4.28. The first-order chi connectivity index (χ1) is 11.8. The summed E-state index contributed by atoms with van der Waals surface area (Å²) in [5, 5.41) is 3.86. The number of hydrogen-bond acceptors (Lipinski definition) is 7. The van der Waals surface area contributed by atoms with Crippen LogP contribution in [0.25, 0.3) is 0 Å². The minimum absolute atomic E-state index is 0.217. The maximum absolute atomic E-state index is 12.0. The Kier molecular flexibility index (Phi) is 5.63. The summed E-state index contributed by atoms with van der Waals surface area (Å²) >= 11 is 0. The van der Waals surface area contributed by atoms with Crippen LogP contribution in [0.3, 0.4) is 0 Å². The van der Waals surface area contributed by atoms with Gasteiger partial charge in [0, 0.05) is 0 Å². The molecule has 1 aromatic heterocycles. The lowest BCUT2D eigenvalue weighted by Crippen LogP contribution is -2.30. The Balaban J connectivity index is 2.13. The van der Waals surface area contributed by atoms with Gasteiger partial charge in [0.2, 0.25) is 0 Å². The number of primary amides is 1. The lowest BCUT2D eigenvalue weighted by molar-refractivity contribution is -0.125. The third-order valence-corrected chi connectivity index (χ3v) is 3.64. The fraction of sp³-hybridized carbons (Fsp3) is 0.353. The molecule has 1 aromatic carbocycles. The van der Waals surface area contributed by atoms with Crippen LogP contribution in [0, 0.1) is 13.8 Å². The van der Waals surface area contributed by atoms with Crippen molar-refractivity contribution in [2.24, 2.45) is 5.73 Å². The minimum Gasteiger partial charge on any atom is -0.493 e. The molecule has 1 amide bonds. The van der Waals surface area contributed by atoms with Crippen molar-refractivity contribution in [3.8, 4) is 11.5 Å². The maximum atomic E-state index is 12.0. The van der Waals surface area contributed by atoms with E-state index in [1.165, 1.54) is 26.2 Å². The molecule has 8 heteroatoms. The second-order valence-electron chi connectivity index (χ2n) is 5.41. The van der Waals surface area contributed by atoms with Gasteiger partial charge in [-0.3, -0.25) is 4.79 Å². The standard InChI is InChI=1S/C17H20N2O6/c1-9-13(10(2)25-19-9)8-23-14-6-5-12(7-15(14)22-4)17(21)24-11(3)16(18)20/h5-7,11H,8H2,1-4H3,(H2,18,20)/t11-/m0/s1. The Labute approximate surface area is 144 Å². The summed E-state index contributed by atoms with van der Waals surface area (Å²) in [6.45, 7) is 5.28. The van der Waals surface area contributed by atoms with E-state index in [4.69, 9.17) is 24.5 Å². The second kappa shape index (κ2) is 7.69. The van der Waals surface area contributed by atoms with Gasteiger partial charge in [0.15, 0.2) is 17.6 Å². The number of amides is 1. The number of esters is 1. The van der Waals surface area contributed by atoms with Crippen molar-refractivity contribution in [2.45, 2.75) is 33.5 Å². The van der Waals surface area contributed by atoms with E-state index in [1.807, 2.05) is 6.92 Å². The van der Waals surface area contributed by atoms with Crippen LogP contribution in [-0.4, -0.2) is 30.2 Å². The van der Waals surface area contributed by atoms with E-state index < -0.39 is 18.0 Å². The lowest BCUT2D eigenvalue weighted by atomic mass is 10.2. The van der Waals surface area contributed by atoms with Crippen LogP contribution in [0.15, 0.2) is 22.7 Å². The van der Waals surface area contributed by atoms with Crippen molar-refractivity contribution < 1.29 is 28.3 Å². The number of rotatable bonds is 7. The van der Waals surface area contributed by atoms with Crippen LogP contribution in [-0.2, 0) is 16.1 Å². The molecule has 0 unspecified atom stereocenters. The van der Waals surface area contributed by atoms with Crippen LogP contribution in [0.5, 0.6) is 11.5 Å². The predicted octanol–water partition coefficient (Wildman–Crippen LogP) is 1.91. The SMILES string of the molecule is COc1cc(C(=O)O[C@@H](C)C(N)=O)ccc1OCc1c(C)noc1C. The molecule has 2 aromatic rings. The monoisotopic (exact) mass is 348 g/mol. The molecule has 2 rings (SSSR count). The van der Waals surface area contributed by atoms with E-state index in [1.54, 1.807) is 13.0 Å². The van der Waals surface area contributed by atoms with Gasteiger partial charge in [0.1, 0.15) is 12.4 Å². The van der Waals surface area contributed by atoms with Gasteiger partial charge in [-0.05, 0) is 39.0 Å². The molecule has 0 saturated heterocycles. The molecule has 0 saturated carbocycles. The van der Waals surface area contributed by atoms with Crippen LogP contribution in [0.4, 0.5) is 0 Å². The van der Waals surface area contributed by atoms with Gasteiger partial charge in [0.25, 0.3) is 5.91 Å². The average Bonchev–Trinajstić information content (AvgIpc) is 2.90. The summed E-state index contributed by atoms with van der Waals surface area (Å²) in [7, 11) is 1.46. The smallest absolute Gasteiger partial charge is 0.339 e. The van der Waals surface area contributed by atoms with Crippen molar-refractivity contribution in [3.63, 3.8) is 0 Å². The van der Waals surface area contributed by atoms with Gasteiger partial charge in [0.05, 0.1) is 23.9 Å². The number of aryl methyl sites for hydroxylation is 2. The topological polar surface area (TPSA) is 114 Å². The maximum Gasteiger partial charge on any atom is 0.339 e. The molecule has 1 heterocycles. The van der Waals surface area contributed by atoms with Gasteiger partial charge < -0.3 is 24.5 Å². The number of carbonyl (C=O) groups is 2. The van der Waals surface area contributed by atoms with Crippen LogP contribution in [0.2, 0.25) is 0 Å². The van der Waals surface area contributed by atoms with Gasteiger partial charge >= 0.3 is 5.97 Å². The van der Waals surface area contributed by atoms with Gasteiger partial charge in [-0.25, -0.2) is 4.79 Å². The van der Waals surface area contributed by atoms with Crippen molar-refractivity contribution in [3.05, 3.63) is 40.8 Å². The molecule has 0 radical (unpaired) electrons. The van der Waals surface area contributed by atoms with Crippen molar-refractivity contribution in [1.82, 2.24) is 5.16 Å². The zero-order valence-electron chi connectivity index (χ0n) is 14.5. The summed E-state index contributed by atoms with van der Waals surface area (Å²) in [5.74, 6) is 0.0774. The zero-order valence-corrected chi connectivity index (χ0v) is 14.5. The molecular weight excluding hydrogens is 328 g/mol. The number of methoxy groups -OCH3 is 1. The Morgan fingerprint density at radius 3 is 2.56 bits per heavy atom. The first kappa shape index (κ1) is 18.3. The van der Waals surface area contributed by atoms with E-state index in [2.05, 4.69) is 5.16 Å². The summed E-state index contributed by atoms with van der Waals surface area (Å²) < 4.78 is 21.0. The Hall–Kier alpha value is -3.03. The molecule has 0 fully saturated rings. The number of benzene rings is 1. The van der Waals surface area contributed by atoms with E-state index in [-0.39, 0.29) is 12.2 Å². The first-order valence-electron chi connectivity index (χ1n) is 7.56. The van der Waals surface area contributed by atoms with E-state index in [9.17, 15) is 9.59 Å². The Morgan fingerprint density at radius 1 is 1.28 bits per heavy atom. The van der Waals surface area contributed by atoms with E-state index >= 15 is 0 Å². The molecule has 8 nitrogen and oxygen atoms in total. The molecule has 0 aliphatic carbocycles.